The third-order valence-electron chi connectivity index (χ3n) is 5.62. The van der Waals surface area contributed by atoms with E-state index in [9.17, 15) is 4.79 Å². The van der Waals surface area contributed by atoms with E-state index in [0.29, 0.717) is 5.56 Å². The molecule has 0 heterocycles. The number of unbranched alkanes of at least 4 members (excludes halogenated alkanes) is 2. The molecule has 0 aliphatic rings. The van der Waals surface area contributed by atoms with E-state index in [1.165, 1.54) is 18.5 Å². The highest BCUT2D eigenvalue weighted by molar-refractivity contribution is 6.10. The number of nitrogens with zero attached hydrogens (tertiary/aromatic N) is 2. The Labute approximate surface area is 200 Å². The molecule has 0 saturated heterocycles. The Morgan fingerprint density at radius 1 is 1.00 bits per heavy atom. The maximum atomic E-state index is 13.0. The first-order valence-corrected chi connectivity index (χ1v) is 12.1. The summed E-state index contributed by atoms with van der Waals surface area (Å²) in [5.74, 6) is 0.746. The normalized spacial score (nSPS) is 11.2. The largest absolute Gasteiger partial charge is 0.496 e. The highest BCUT2D eigenvalue weighted by Crippen LogP contribution is 2.27. The maximum absolute atomic E-state index is 13.0. The molecule has 0 amide bonds. The molecule has 0 spiro atoms. The van der Waals surface area contributed by atoms with E-state index in [4.69, 9.17) is 4.74 Å². The van der Waals surface area contributed by atoms with E-state index in [0.717, 1.165) is 56.0 Å². The van der Waals surface area contributed by atoms with Gasteiger partial charge in [0.2, 0.25) is 0 Å². The van der Waals surface area contributed by atoms with Gasteiger partial charge in [-0.2, -0.15) is 0 Å². The molecule has 5 heteroatoms. The first-order valence-electron chi connectivity index (χ1n) is 12.1. The molecule has 0 atom stereocenters. The number of methoxy groups -OCH3 is 1. The van der Waals surface area contributed by atoms with Crippen LogP contribution in [0.25, 0.3) is 6.08 Å². The highest BCUT2D eigenvalue weighted by atomic mass is 16.5. The molecule has 33 heavy (non-hydrogen) atoms. The van der Waals surface area contributed by atoms with E-state index in [1.807, 2.05) is 50.5 Å². The van der Waals surface area contributed by atoms with Crippen LogP contribution in [0.4, 0.5) is 11.4 Å². The van der Waals surface area contributed by atoms with E-state index < -0.39 is 0 Å². The summed E-state index contributed by atoms with van der Waals surface area (Å²) in [4.78, 5) is 17.6. The number of allylic oxidation sites excluding steroid dienone is 1. The zero-order valence-electron chi connectivity index (χ0n) is 21.1. The van der Waals surface area contributed by atoms with Gasteiger partial charge in [0, 0.05) is 48.7 Å². The summed E-state index contributed by atoms with van der Waals surface area (Å²) >= 11 is 0. The van der Waals surface area contributed by atoms with Crippen molar-refractivity contribution < 1.29 is 9.53 Å². The molecule has 0 bridgehead atoms. The molecule has 2 rings (SSSR count). The lowest BCUT2D eigenvalue weighted by Gasteiger charge is -2.25. The monoisotopic (exact) mass is 451 g/mol. The van der Waals surface area contributed by atoms with Gasteiger partial charge >= 0.3 is 0 Å². The van der Waals surface area contributed by atoms with Crippen molar-refractivity contribution in [1.29, 1.82) is 0 Å². The Morgan fingerprint density at radius 2 is 1.70 bits per heavy atom. The molecule has 0 aromatic heterocycles. The SMILES string of the molecule is CCCCN(CCCC)c1ccc(OC)c(C=CC(=O)c2ccccc2NCCN(C)C)c1. The van der Waals surface area contributed by atoms with Crippen LogP contribution in [0, 0.1) is 0 Å². The van der Waals surface area contributed by atoms with Crippen molar-refractivity contribution in [2.75, 3.05) is 57.6 Å². The van der Waals surface area contributed by atoms with Crippen LogP contribution in [-0.2, 0) is 0 Å². The molecule has 180 valence electrons. The fourth-order valence-corrected chi connectivity index (χ4v) is 3.64. The fourth-order valence-electron chi connectivity index (χ4n) is 3.64. The van der Waals surface area contributed by atoms with Crippen LogP contribution in [0.2, 0.25) is 0 Å². The number of ketones is 1. The molecule has 0 aliphatic carbocycles. The van der Waals surface area contributed by atoms with Gasteiger partial charge < -0.3 is 19.9 Å². The summed E-state index contributed by atoms with van der Waals surface area (Å²) in [7, 11) is 5.74. The second kappa shape index (κ2) is 14.4. The molecule has 0 saturated carbocycles. The lowest BCUT2D eigenvalue weighted by Crippen LogP contribution is -2.25. The minimum atomic E-state index is -0.0239. The average molecular weight is 452 g/mol. The standard InChI is InChI=1S/C28H41N3O2/c1-6-8-19-31(20-9-7-2)24-15-17-28(33-5)23(22-24)14-16-27(32)25-12-10-11-13-26(25)29-18-21-30(3)4/h10-17,22,29H,6-9,18-21H2,1-5H3. The zero-order valence-corrected chi connectivity index (χ0v) is 21.1. The Morgan fingerprint density at radius 3 is 2.33 bits per heavy atom. The smallest absolute Gasteiger partial charge is 0.187 e. The predicted molar refractivity (Wildman–Crippen MR) is 142 cm³/mol. The third kappa shape index (κ3) is 8.58. The molecule has 5 nitrogen and oxygen atoms in total. The van der Waals surface area contributed by atoms with Gasteiger partial charge in [0.05, 0.1) is 7.11 Å². The molecule has 2 aromatic carbocycles. The van der Waals surface area contributed by atoms with Crippen LogP contribution in [-0.4, -0.2) is 58.1 Å². The second-order valence-electron chi connectivity index (χ2n) is 8.59. The number of rotatable bonds is 15. The van der Waals surface area contributed by atoms with E-state index in [-0.39, 0.29) is 5.78 Å². The number of carbonyl (C=O) groups excluding carboxylic acids is 1. The van der Waals surface area contributed by atoms with Gasteiger partial charge in [-0.3, -0.25) is 4.79 Å². The van der Waals surface area contributed by atoms with Crippen molar-refractivity contribution >= 4 is 23.2 Å². The van der Waals surface area contributed by atoms with Gasteiger partial charge in [-0.05, 0) is 69.4 Å². The Bertz CT molecular complexity index is 884. The molecule has 0 fully saturated rings. The number of ether oxygens (including phenoxy) is 1. The number of likely N-dealkylation sites (N-methyl/N-ethyl adjacent to an activating group) is 1. The van der Waals surface area contributed by atoms with Crippen molar-refractivity contribution in [3.8, 4) is 5.75 Å². The topological polar surface area (TPSA) is 44.8 Å². The molecule has 0 radical (unpaired) electrons. The lowest BCUT2D eigenvalue weighted by molar-refractivity contribution is 0.104. The lowest BCUT2D eigenvalue weighted by atomic mass is 10.1. The fraction of sp³-hybridized carbons (Fsp3) is 0.464. The van der Waals surface area contributed by atoms with Crippen LogP contribution in [0.3, 0.4) is 0 Å². The van der Waals surface area contributed by atoms with Crippen molar-refractivity contribution in [2.24, 2.45) is 0 Å². The molecule has 1 N–H and O–H groups in total. The quantitative estimate of drug-likeness (QED) is 0.267. The van der Waals surface area contributed by atoms with Gasteiger partial charge in [-0.1, -0.05) is 38.8 Å². The van der Waals surface area contributed by atoms with Crippen LogP contribution < -0.4 is 15.0 Å². The summed E-state index contributed by atoms with van der Waals surface area (Å²) in [6.45, 7) is 8.20. The van der Waals surface area contributed by atoms with Gasteiger partial charge in [-0.15, -0.1) is 0 Å². The number of hydrogen-bond acceptors (Lipinski definition) is 5. The Hall–Kier alpha value is -2.79. The first kappa shape index (κ1) is 26.5. The molecule has 0 unspecified atom stereocenters. The summed E-state index contributed by atoms with van der Waals surface area (Å²) < 4.78 is 5.58. The van der Waals surface area contributed by atoms with Gasteiger partial charge in [0.1, 0.15) is 5.75 Å². The van der Waals surface area contributed by atoms with Crippen LogP contribution >= 0.6 is 0 Å². The average Bonchev–Trinajstić information content (AvgIpc) is 2.82. The van der Waals surface area contributed by atoms with E-state index in [2.05, 4.69) is 41.1 Å². The second-order valence-corrected chi connectivity index (χ2v) is 8.59. The van der Waals surface area contributed by atoms with Crippen LogP contribution in [0.15, 0.2) is 48.5 Å². The Kier molecular flexibility index (Phi) is 11.5. The summed E-state index contributed by atoms with van der Waals surface area (Å²) in [6.07, 6.45) is 8.19. The zero-order chi connectivity index (χ0) is 24.1. The highest BCUT2D eigenvalue weighted by Gasteiger charge is 2.11. The van der Waals surface area contributed by atoms with E-state index >= 15 is 0 Å². The summed E-state index contributed by atoms with van der Waals surface area (Å²) in [6, 6.07) is 13.9. The molecular weight excluding hydrogens is 410 g/mol. The number of carbonyl (C=O) groups is 1. The van der Waals surface area contributed by atoms with Gasteiger partial charge in [-0.25, -0.2) is 0 Å². The minimum absolute atomic E-state index is 0.0239. The minimum Gasteiger partial charge on any atom is -0.496 e. The summed E-state index contributed by atoms with van der Waals surface area (Å²) in [5, 5.41) is 3.38. The van der Waals surface area contributed by atoms with E-state index in [1.54, 1.807) is 13.2 Å². The van der Waals surface area contributed by atoms with Crippen molar-refractivity contribution in [3.63, 3.8) is 0 Å². The molecule has 0 aliphatic heterocycles. The predicted octanol–water partition coefficient (Wildman–Crippen LogP) is 5.97. The number of hydrogen-bond donors (Lipinski definition) is 1. The van der Waals surface area contributed by atoms with Crippen LogP contribution in [0.5, 0.6) is 5.75 Å². The van der Waals surface area contributed by atoms with Crippen molar-refractivity contribution in [1.82, 2.24) is 4.90 Å². The van der Waals surface area contributed by atoms with Gasteiger partial charge in [0.25, 0.3) is 0 Å². The summed E-state index contributed by atoms with van der Waals surface area (Å²) in [5.41, 5.74) is 3.63. The Balaban J connectivity index is 2.24. The molecular formula is C28H41N3O2. The molecule has 2 aromatic rings. The van der Waals surface area contributed by atoms with Crippen molar-refractivity contribution in [3.05, 3.63) is 59.7 Å². The van der Waals surface area contributed by atoms with Gasteiger partial charge in [0.15, 0.2) is 5.78 Å². The maximum Gasteiger partial charge on any atom is 0.187 e. The number of anilines is 2. The van der Waals surface area contributed by atoms with Crippen molar-refractivity contribution in [2.45, 2.75) is 39.5 Å². The number of nitrogens with one attached hydrogen (secondary N) is 1. The third-order valence-corrected chi connectivity index (χ3v) is 5.62. The first-order chi connectivity index (χ1) is 16.0. The van der Waals surface area contributed by atoms with Crippen LogP contribution in [0.1, 0.15) is 55.5 Å². The number of para-hydroxylation sites is 1. The number of benzene rings is 2.